The van der Waals surface area contributed by atoms with Crippen LogP contribution in [0.25, 0.3) is 6.08 Å². The van der Waals surface area contributed by atoms with Crippen LogP contribution < -0.4 is 11.5 Å². The minimum atomic E-state index is -0.698. The molecule has 0 atom stereocenters. The van der Waals surface area contributed by atoms with Crippen LogP contribution in [-0.4, -0.2) is 16.8 Å². The normalized spacial score (nSPS) is 10.5. The molecule has 20 heavy (non-hydrogen) atoms. The average Bonchev–Trinajstić information content (AvgIpc) is 2.34. The predicted octanol–water partition coefficient (Wildman–Crippen LogP) is 1.74. The van der Waals surface area contributed by atoms with E-state index in [1.165, 1.54) is 6.07 Å². The molecule has 0 aliphatic rings. The Morgan fingerprint density at radius 1 is 1.45 bits per heavy atom. The number of nitrogens with two attached hydrogens (primary N) is 2. The van der Waals surface area contributed by atoms with Crippen LogP contribution in [0.5, 0.6) is 0 Å². The Bertz CT molecular complexity index is 602. The molecular formula is C13H16N4O3. The van der Waals surface area contributed by atoms with Crippen LogP contribution in [0.3, 0.4) is 0 Å². The van der Waals surface area contributed by atoms with E-state index in [0.29, 0.717) is 11.1 Å². The molecule has 0 unspecified atom stereocenters. The number of nitrogens with zero attached hydrogens (tertiary/aromatic N) is 2. The number of benzene rings is 1. The fourth-order valence-electron chi connectivity index (χ4n) is 1.66. The monoisotopic (exact) mass is 276 g/mol. The lowest BCUT2D eigenvalue weighted by molar-refractivity contribution is -0.385. The maximum atomic E-state index is 11.8. The molecule has 7 heteroatoms. The number of rotatable bonds is 4. The van der Waals surface area contributed by atoms with Crippen LogP contribution in [0.15, 0.2) is 23.2 Å². The highest BCUT2D eigenvalue weighted by atomic mass is 16.6. The number of aryl methyl sites for hydroxylation is 1. The summed E-state index contributed by atoms with van der Waals surface area (Å²) >= 11 is 0. The van der Waals surface area contributed by atoms with Gasteiger partial charge in [0.2, 0.25) is 0 Å². The lowest BCUT2D eigenvalue weighted by Gasteiger charge is -2.05. The Morgan fingerprint density at radius 2 is 2.10 bits per heavy atom. The van der Waals surface area contributed by atoms with Gasteiger partial charge in [0.1, 0.15) is 0 Å². The van der Waals surface area contributed by atoms with Crippen molar-refractivity contribution in [2.75, 3.05) is 0 Å². The maximum absolute atomic E-state index is 11.8. The Hall–Kier alpha value is -2.70. The highest BCUT2D eigenvalue weighted by molar-refractivity contribution is 6.03. The average molecular weight is 276 g/mol. The van der Waals surface area contributed by atoms with Crippen molar-refractivity contribution in [3.05, 3.63) is 45.0 Å². The Kier molecular flexibility index (Phi) is 4.96. The number of nitro benzene ring substituents is 1. The molecule has 106 valence electrons. The summed E-state index contributed by atoms with van der Waals surface area (Å²) in [6, 6.07) is 2.76. The Balaban J connectivity index is 3.41. The number of hydrogen-bond donors (Lipinski definition) is 2. The molecule has 0 saturated carbocycles. The summed E-state index contributed by atoms with van der Waals surface area (Å²) in [5.74, 6) is -1.08. The zero-order valence-corrected chi connectivity index (χ0v) is 11.3. The lowest BCUT2D eigenvalue weighted by Crippen LogP contribution is -2.24. The number of allylic oxidation sites excluding steroid dienone is 1. The molecule has 4 N–H and O–H groups in total. The van der Waals surface area contributed by atoms with Gasteiger partial charge in [-0.05, 0) is 25.0 Å². The molecule has 0 heterocycles. The van der Waals surface area contributed by atoms with E-state index in [0.717, 1.165) is 6.42 Å². The van der Waals surface area contributed by atoms with Gasteiger partial charge in [0.05, 0.1) is 16.1 Å². The van der Waals surface area contributed by atoms with Crippen molar-refractivity contribution >= 4 is 23.6 Å². The quantitative estimate of drug-likeness (QED) is 0.375. The highest BCUT2D eigenvalue weighted by Crippen LogP contribution is 2.25. The van der Waals surface area contributed by atoms with Crippen LogP contribution in [0.2, 0.25) is 0 Å². The van der Waals surface area contributed by atoms with Gasteiger partial charge in [-0.1, -0.05) is 19.1 Å². The van der Waals surface area contributed by atoms with E-state index in [1.54, 1.807) is 25.1 Å². The van der Waals surface area contributed by atoms with E-state index in [2.05, 4.69) is 4.99 Å². The zero-order chi connectivity index (χ0) is 15.3. The Labute approximate surface area is 116 Å². The van der Waals surface area contributed by atoms with E-state index in [9.17, 15) is 14.9 Å². The second-order valence-corrected chi connectivity index (χ2v) is 4.14. The summed E-state index contributed by atoms with van der Waals surface area (Å²) in [5, 5.41) is 11.1. The molecule has 0 radical (unpaired) electrons. The van der Waals surface area contributed by atoms with Gasteiger partial charge in [-0.3, -0.25) is 14.9 Å². The van der Waals surface area contributed by atoms with Gasteiger partial charge < -0.3 is 11.5 Å². The highest BCUT2D eigenvalue weighted by Gasteiger charge is 2.18. The first kappa shape index (κ1) is 15.4. The predicted molar refractivity (Wildman–Crippen MR) is 77.3 cm³/mol. The van der Waals surface area contributed by atoms with Crippen molar-refractivity contribution in [2.45, 2.75) is 20.3 Å². The van der Waals surface area contributed by atoms with Crippen LogP contribution >= 0.6 is 0 Å². The third-order valence-corrected chi connectivity index (χ3v) is 2.56. The smallest absolute Gasteiger partial charge is 0.280 e. The third kappa shape index (κ3) is 3.64. The van der Waals surface area contributed by atoms with Crippen LogP contribution in [0, 0.1) is 17.0 Å². The first-order valence-corrected chi connectivity index (χ1v) is 5.96. The van der Waals surface area contributed by atoms with Crippen molar-refractivity contribution in [1.29, 1.82) is 0 Å². The number of guanidine groups is 1. The molecule has 0 bridgehead atoms. The molecule has 0 aliphatic carbocycles. The first-order valence-electron chi connectivity index (χ1n) is 5.96. The zero-order valence-electron chi connectivity index (χ0n) is 11.3. The molecule has 1 rings (SSSR count). The van der Waals surface area contributed by atoms with E-state index in [4.69, 9.17) is 11.5 Å². The van der Waals surface area contributed by atoms with Crippen LogP contribution in [-0.2, 0) is 0 Å². The molecule has 0 saturated heterocycles. The van der Waals surface area contributed by atoms with Crippen LogP contribution in [0.4, 0.5) is 5.69 Å². The van der Waals surface area contributed by atoms with Gasteiger partial charge in [0.25, 0.3) is 11.6 Å². The molecule has 1 amide bonds. The van der Waals surface area contributed by atoms with Crippen molar-refractivity contribution in [3.8, 4) is 0 Å². The van der Waals surface area contributed by atoms with E-state index < -0.39 is 10.8 Å². The van der Waals surface area contributed by atoms with Gasteiger partial charge in [-0.25, -0.2) is 0 Å². The first-order chi connectivity index (χ1) is 9.36. The van der Waals surface area contributed by atoms with E-state index in [-0.39, 0.29) is 17.2 Å². The van der Waals surface area contributed by atoms with Crippen molar-refractivity contribution < 1.29 is 9.72 Å². The van der Waals surface area contributed by atoms with Crippen molar-refractivity contribution in [1.82, 2.24) is 0 Å². The van der Waals surface area contributed by atoms with E-state index >= 15 is 0 Å². The van der Waals surface area contributed by atoms with E-state index in [1.807, 2.05) is 6.92 Å². The summed E-state index contributed by atoms with van der Waals surface area (Å²) in [6.07, 6.45) is 4.21. The summed E-state index contributed by atoms with van der Waals surface area (Å²) < 4.78 is 0. The van der Waals surface area contributed by atoms with Crippen LogP contribution in [0.1, 0.15) is 34.8 Å². The number of nitro groups is 1. The minimum absolute atomic E-state index is 0.110. The molecule has 1 aromatic carbocycles. The molecule has 0 fully saturated rings. The lowest BCUT2D eigenvalue weighted by atomic mass is 10.0. The molecule has 7 nitrogen and oxygen atoms in total. The standard InChI is InChI=1S/C13H16N4O3/c1-3-4-5-9-6-8(2)10(7-11(9)17(19)20)12(18)16-13(14)15/h4-7H,3H2,1-2H3,(H4,14,15,16,18)/b5-4+. The second kappa shape index (κ2) is 6.46. The summed E-state index contributed by atoms with van der Waals surface area (Å²) in [6.45, 7) is 3.59. The second-order valence-electron chi connectivity index (χ2n) is 4.14. The van der Waals surface area contributed by atoms with Gasteiger partial charge in [-0.15, -0.1) is 0 Å². The van der Waals surface area contributed by atoms with Crippen molar-refractivity contribution in [2.24, 2.45) is 16.5 Å². The van der Waals surface area contributed by atoms with Gasteiger partial charge >= 0.3 is 0 Å². The largest absolute Gasteiger partial charge is 0.370 e. The molecular weight excluding hydrogens is 260 g/mol. The minimum Gasteiger partial charge on any atom is -0.370 e. The molecule has 0 aliphatic heterocycles. The SMILES string of the molecule is CC/C=C/c1cc(C)c(C(=O)N=C(N)N)cc1[N+](=O)[O-]. The molecule has 0 aromatic heterocycles. The van der Waals surface area contributed by atoms with Crippen molar-refractivity contribution in [3.63, 3.8) is 0 Å². The topological polar surface area (TPSA) is 125 Å². The summed E-state index contributed by atoms with van der Waals surface area (Å²) in [5.41, 5.74) is 11.2. The maximum Gasteiger partial charge on any atom is 0.280 e. The number of amides is 1. The summed E-state index contributed by atoms with van der Waals surface area (Å²) in [7, 11) is 0. The number of aliphatic imine (C=N–C) groups is 1. The van der Waals surface area contributed by atoms with Gasteiger partial charge in [0, 0.05) is 6.07 Å². The number of carbonyl (C=O) groups is 1. The molecule has 0 spiro atoms. The van der Waals surface area contributed by atoms with Gasteiger partial charge in [-0.2, -0.15) is 4.99 Å². The third-order valence-electron chi connectivity index (χ3n) is 2.56. The summed E-state index contributed by atoms with van der Waals surface area (Å²) in [4.78, 5) is 25.7. The Morgan fingerprint density at radius 3 is 2.60 bits per heavy atom. The number of carbonyl (C=O) groups excluding carboxylic acids is 1. The number of hydrogen-bond acceptors (Lipinski definition) is 3. The molecule has 1 aromatic rings. The fraction of sp³-hybridized carbons (Fsp3) is 0.231. The van der Waals surface area contributed by atoms with Gasteiger partial charge in [0.15, 0.2) is 5.96 Å². The fourth-order valence-corrected chi connectivity index (χ4v) is 1.66.